The summed E-state index contributed by atoms with van der Waals surface area (Å²) in [7, 11) is -4.65. The number of nitrogens with one attached hydrogen (secondary N) is 4. The minimum Gasteiger partial charge on any atom is -0.744 e. The van der Waals surface area contributed by atoms with Gasteiger partial charge in [-0.2, -0.15) is 4.33 Å². The molecule has 15 heteroatoms. The molecule has 1 unspecified atom stereocenters. The van der Waals surface area contributed by atoms with Crippen molar-refractivity contribution in [3.05, 3.63) is 48.5 Å². The predicted molar refractivity (Wildman–Crippen MR) is 101 cm³/mol. The van der Waals surface area contributed by atoms with Crippen LogP contribution in [0, 0.1) is 5.41 Å². The molecule has 2 rings (SSSR count). The summed E-state index contributed by atoms with van der Waals surface area (Å²) in [4.78, 5) is 23.5. The number of amides is 1. The van der Waals surface area contributed by atoms with Crippen molar-refractivity contribution in [3.8, 4) is 0 Å². The first-order valence-electron chi connectivity index (χ1n) is 8.03. The van der Waals surface area contributed by atoms with E-state index in [1.165, 1.54) is 36.4 Å². The summed E-state index contributed by atoms with van der Waals surface area (Å²) >= 11 is 0.624. The molecule has 0 saturated heterocycles. The molecular formula is C16H13N4O9S2-3. The molecule has 166 valence electrons. The molecule has 0 aliphatic rings. The third-order valence-corrected chi connectivity index (χ3v) is 4.99. The van der Waals surface area contributed by atoms with E-state index >= 15 is 0 Å². The Bertz CT molecular complexity index is 1040. The number of hydrogen-bond acceptors (Lipinski definition) is 13. The van der Waals surface area contributed by atoms with Crippen molar-refractivity contribution >= 4 is 51.1 Å². The monoisotopic (exact) mass is 469 g/mol. The summed E-state index contributed by atoms with van der Waals surface area (Å²) < 4.78 is 37.0. The van der Waals surface area contributed by atoms with Gasteiger partial charge in [0, 0.05) is 16.3 Å². The molecule has 4 N–H and O–H groups in total. The number of carbonyl (C=O) groups is 2. The van der Waals surface area contributed by atoms with Crippen molar-refractivity contribution in [2.75, 3.05) is 10.7 Å². The Balaban J connectivity index is 2.08. The Morgan fingerprint density at radius 3 is 2.13 bits per heavy atom. The van der Waals surface area contributed by atoms with Gasteiger partial charge in [-0.25, -0.2) is 13.8 Å². The maximum Gasteiger partial charge on any atom is 0.249 e. The molecule has 0 bridgehead atoms. The van der Waals surface area contributed by atoms with E-state index in [-0.39, 0.29) is 11.4 Å². The molecule has 2 aromatic carbocycles. The number of anilines is 2. The zero-order valence-electron chi connectivity index (χ0n) is 15.2. The molecule has 0 fully saturated rings. The van der Waals surface area contributed by atoms with Gasteiger partial charge in [0.15, 0.2) is 0 Å². The van der Waals surface area contributed by atoms with E-state index in [9.17, 15) is 32.9 Å². The van der Waals surface area contributed by atoms with Gasteiger partial charge in [0.25, 0.3) is 0 Å². The lowest BCUT2D eigenvalue weighted by Gasteiger charge is -2.21. The minimum absolute atomic E-state index is 0.179. The summed E-state index contributed by atoms with van der Waals surface area (Å²) in [5.74, 6) is -2.83. The van der Waals surface area contributed by atoms with Crippen molar-refractivity contribution in [2.24, 2.45) is 0 Å². The molecule has 13 nitrogen and oxygen atoms in total. The van der Waals surface area contributed by atoms with Crippen LogP contribution in [0.15, 0.2) is 58.3 Å². The zero-order valence-corrected chi connectivity index (χ0v) is 16.8. The average Bonchev–Trinajstić information content (AvgIpc) is 2.73. The van der Waals surface area contributed by atoms with Crippen molar-refractivity contribution in [2.45, 2.75) is 15.8 Å². The maximum atomic E-state index is 12.5. The normalized spacial score (nSPS) is 12.1. The Hall–Kier alpha value is -3.05. The molecule has 2 aromatic rings. The lowest BCUT2D eigenvalue weighted by molar-refractivity contribution is -0.777. The second-order valence-corrected chi connectivity index (χ2v) is 7.77. The van der Waals surface area contributed by atoms with Gasteiger partial charge >= 0.3 is 0 Å². The van der Waals surface area contributed by atoms with E-state index in [0.717, 1.165) is 12.1 Å². The first-order chi connectivity index (χ1) is 14.6. The van der Waals surface area contributed by atoms with Crippen LogP contribution in [0.5, 0.6) is 0 Å². The topological polar surface area (TPSA) is 216 Å². The van der Waals surface area contributed by atoms with Crippen molar-refractivity contribution in [1.82, 2.24) is 5.43 Å². The van der Waals surface area contributed by atoms with E-state index in [1.807, 2.05) is 0 Å². The quantitative estimate of drug-likeness (QED) is 0.0973. The Labute approximate surface area is 179 Å². The number of hydrogen-bond donors (Lipinski definition) is 4. The van der Waals surface area contributed by atoms with Crippen LogP contribution in [-0.4, -0.2) is 36.6 Å². The number of hydrazine groups is 1. The van der Waals surface area contributed by atoms with Crippen molar-refractivity contribution < 1.29 is 42.3 Å². The van der Waals surface area contributed by atoms with Crippen LogP contribution in [0.1, 0.15) is 0 Å². The van der Waals surface area contributed by atoms with Gasteiger partial charge in [0.1, 0.15) is 16.2 Å². The number of rotatable bonds is 11. The summed E-state index contributed by atoms with van der Waals surface area (Å²) in [6.45, 7) is 0. The first kappa shape index (κ1) is 24.2. The molecule has 0 heterocycles. The Morgan fingerprint density at radius 2 is 1.61 bits per heavy atom. The molecule has 0 aliphatic heterocycles. The van der Waals surface area contributed by atoms with Crippen LogP contribution in [0.25, 0.3) is 0 Å². The fourth-order valence-corrected chi connectivity index (χ4v) is 2.93. The second kappa shape index (κ2) is 10.8. The molecular weight excluding hydrogens is 456 g/mol. The average molecular weight is 469 g/mol. The van der Waals surface area contributed by atoms with Crippen LogP contribution >= 0.6 is 12.0 Å². The number of aliphatic carboxylic acids is 1. The fourth-order valence-electron chi connectivity index (χ4n) is 2.11. The summed E-state index contributed by atoms with van der Waals surface area (Å²) in [6, 6.07) is 8.47. The zero-order chi connectivity index (χ0) is 23.0. The highest BCUT2D eigenvalue weighted by Gasteiger charge is 2.24. The van der Waals surface area contributed by atoms with Crippen LogP contribution in [-0.2, 0) is 29.1 Å². The second-order valence-electron chi connectivity index (χ2n) is 5.62. The molecule has 0 spiro atoms. The largest absolute Gasteiger partial charge is 0.744 e. The smallest absolute Gasteiger partial charge is 0.249 e. The molecule has 0 aliphatic carbocycles. The maximum absolute atomic E-state index is 12.5. The number of carboxylic acids is 1. The highest BCUT2D eigenvalue weighted by Crippen LogP contribution is 2.21. The van der Waals surface area contributed by atoms with E-state index in [1.54, 1.807) is 0 Å². The summed E-state index contributed by atoms with van der Waals surface area (Å²) in [5.41, 5.74) is 4.11. The molecule has 0 saturated carbocycles. The molecule has 1 atom stereocenters. The minimum atomic E-state index is -4.65. The van der Waals surface area contributed by atoms with E-state index in [4.69, 9.17) is 5.41 Å². The van der Waals surface area contributed by atoms with Crippen LogP contribution < -0.4 is 26.5 Å². The standard InChI is InChI=1S/C16H16N4O9S2/c17-13(16(22)23)14(20-19-10-3-7-12(8-4-10)31(25,26)27)15(21)18-9-1-5-11(6-2-9)30-29-28-24/h1-8,14,17,19-20,24H,(H,18,21)(H,22,23)(H,25,26,27)/p-3. The highest BCUT2D eigenvalue weighted by atomic mass is 32.2. The Kier molecular flexibility index (Phi) is 8.46. The molecule has 0 aromatic heterocycles. The molecule has 1 amide bonds. The predicted octanol–water partition coefficient (Wildman–Crippen LogP) is -1.49. The van der Waals surface area contributed by atoms with Crippen LogP contribution in [0.2, 0.25) is 0 Å². The lowest BCUT2D eigenvalue weighted by atomic mass is 10.1. The van der Waals surface area contributed by atoms with Crippen molar-refractivity contribution in [3.63, 3.8) is 0 Å². The van der Waals surface area contributed by atoms with Gasteiger partial charge in [-0.3, -0.25) is 9.83 Å². The third-order valence-electron chi connectivity index (χ3n) is 3.55. The van der Waals surface area contributed by atoms with Gasteiger partial charge in [0.05, 0.1) is 28.6 Å². The molecule has 0 radical (unpaired) electrons. The van der Waals surface area contributed by atoms with Gasteiger partial charge in [0.2, 0.25) is 5.91 Å². The van der Waals surface area contributed by atoms with Gasteiger partial charge in [-0.1, -0.05) is 0 Å². The Morgan fingerprint density at radius 1 is 1.03 bits per heavy atom. The van der Waals surface area contributed by atoms with Crippen molar-refractivity contribution in [1.29, 1.82) is 5.41 Å². The van der Waals surface area contributed by atoms with E-state index < -0.39 is 38.6 Å². The van der Waals surface area contributed by atoms with Crippen LogP contribution in [0.4, 0.5) is 11.4 Å². The van der Waals surface area contributed by atoms with Crippen LogP contribution in [0.3, 0.4) is 0 Å². The lowest BCUT2D eigenvalue weighted by Crippen LogP contribution is -2.54. The summed E-state index contributed by atoms with van der Waals surface area (Å²) in [5, 5.41) is 34.1. The highest BCUT2D eigenvalue weighted by molar-refractivity contribution is 7.94. The summed E-state index contributed by atoms with van der Waals surface area (Å²) in [6.07, 6.45) is 0. The number of carbonyl (C=O) groups excluding carboxylic acids is 2. The van der Waals surface area contributed by atoms with E-state index in [2.05, 4.69) is 25.5 Å². The number of carboxylic acid groups (broad SMARTS) is 1. The van der Waals surface area contributed by atoms with Gasteiger partial charge in [-0.05, 0) is 48.5 Å². The van der Waals surface area contributed by atoms with E-state index in [0.29, 0.717) is 16.9 Å². The SMILES string of the molecule is N=C(C(=O)[O-])C(NNc1ccc(S(=O)(=O)[O-])cc1)C(=O)Nc1ccc(SOO[O-])cc1. The van der Waals surface area contributed by atoms with Gasteiger partial charge in [-0.15, -0.1) is 0 Å². The third kappa shape index (κ3) is 7.30. The number of benzene rings is 2. The fraction of sp³-hybridized carbons (Fsp3) is 0.0625. The first-order valence-corrected chi connectivity index (χ1v) is 10.2. The van der Waals surface area contributed by atoms with Gasteiger partial charge < -0.3 is 35.9 Å². The molecule has 31 heavy (non-hydrogen) atoms.